The summed E-state index contributed by atoms with van der Waals surface area (Å²) in [6.07, 6.45) is 3.62. The Morgan fingerprint density at radius 3 is 2.26 bits per heavy atom. The second-order valence-electron chi connectivity index (χ2n) is 4.58. The van der Waals surface area contributed by atoms with Crippen molar-refractivity contribution in [2.24, 2.45) is 5.73 Å². The quantitative estimate of drug-likeness (QED) is 0.877. The lowest BCUT2D eigenvalue weighted by Crippen LogP contribution is -2.25. The van der Waals surface area contributed by atoms with E-state index in [1.807, 2.05) is 12.1 Å². The number of likely N-dealkylation sites (tertiary alicyclic amines) is 1. The van der Waals surface area contributed by atoms with Gasteiger partial charge in [-0.1, -0.05) is 12.1 Å². The van der Waals surface area contributed by atoms with Crippen LogP contribution in [0.1, 0.15) is 18.4 Å². The zero-order valence-electron chi connectivity index (χ0n) is 11.2. The van der Waals surface area contributed by atoms with Gasteiger partial charge in [0.1, 0.15) is 12.4 Å². The van der Waals surface area contributed by atoms with Crippen LogP contribution < -0.4 is 10.5 Å². The molecule has 0 amide bonds. The Morgan fingerprint density at radius 2 is 1.68 bits per heavy atom. The third-order valence-corrected chi connectivity index (χ3v) is 3.23. The summed E-state index contributed by atoms with van der Waals surface area (Å²) in [4.78, 5) is 2.46. The van der Waals surface area contributed by atoms with Crippen LogP contribution in [0.3, 0.4) is 0 Å². The topological polar surface area (TPSA) is 38.5 Å². The van der Waals surface area contributed by atoms with E-state index in [4.69, 9.17) is 10.5 Å². The predicted octanol–water partition coefficient (Wildman–Crippen LogP) is 2.51. The fourth-order valence-electron chi connectivity index (χ4n) is 2.22. The first-order chi connectivity index (χ1) is 8.38. The molecule has 0 radical (unpaired) electrons. The van der Waals surface area contributed by atoms with Gasteiger partial charge >= 0.3 is 0 Å². The van der Waals surface area contributed by atoms with Crippen molar-refractivity contribution in [2.45, 2.75) is 19.3 Å². The van der Waals surface area contributed by atoms with Gasteiger partial charge in [-0.3, -0.25) is 4.90 Å². The fourth-order valence-corrected chi connectivity index (χ4v) is 2.22. The molecule has 0 unspecified atom stereocenters. The molecule has 2 rings (SSSR count). The van der Waals surface area contributed by atoms with Crippen LogP contribution in [0.5, 0.6) is 5.75 Å². The van der Waals surface area contributed by atoms with E-state index in [1.165, 1.54) is 31.5 Å². The predicted molar refractivity (Wildman–Crippen MR) is 84.9 cm³/mol. The van der Waals surface area contributed by atoms with Gasteiger partial charge in [-0.05, 0) is 56.6 Å². The number of nitrogens with zero attached hydrogens (tertiary/aromatic N) is 1. The number of rotatable bonds is 6. The molecular formula is C14H24Cl2N2O. The second kappa shape index (κ2) is 10.3. The zero-order chi connectivity index (χ0) is 11.9. The third kappa shape index (κ3) is 6.48. The minimum absolute atomic E-state index is 0. The normalized spacial score (nSPS) is 14.6. The SMILES string of the molecule is Cl.Cl.NCCc1ccc(OCCN2CCCC2)cc1. The molecular weight excluding hydrogens is 283 g/mol. The molecule has 1 aliphatic rings. The molecule has 5 heteroatoms. The van der Waals surface area contributed by atoms with Crippen LogP contribution in [0.4, 0.5) is 0 Å². The van der Waals surface area contributed by atoms with E-state index in [-0.39, 0.29) is 24.8 Å². The van der Waals surface area contributed by atoms with Crippen LogP contribution in [-0.4, -0.2) is 37.7 Å². The average Bonchev–Trinajstić information content (AvgIpc) is 2.85. The van der Waals surface area contributed by atoms with Crippen LogP contribution in [0, 0.1) is 0 Å². The third-order valence-electron chi connectivity index (χ3n) is 3.23. The Balaban J connectivity index is 0.00000162. The minimum Gasteiger partial charge on any atom is -0.492 e. The van der Waals surface area contributed by atoms with Crippen LogP contribution >= 0.6 is 24.8 Å². The molecule has 110 valence electrons. The molecule has 0 spiro atoms. The Labute approximate surface area is 128 Å². The average molecular weight is 307 g/mol. The van der Waals surface area contributed by atoms with Crippen molar-refractivity contribution < 1.29 is 4.74 Å². The summed E-state index contributed by atoms with van der Waals surface area (Å²) >= 11 is 0. The lowest BCUT2D eigenvalue weighted by molar-refractivity contribution is 0.238. The molecule has 0 aromatic heterocycles. The van der Waals surface area contributed by atoms with Crippen LogP contribution in [0.15, 0.2) is 24.3 Å². The van der Waals surface area contributed by atoms with E-state index in [1.54, 1.807) is 0 Å². The standard InChI is InChI=1S/C14H22N2O.2ClH/c15-8-7-13-3-5-14(6-4-13)17-12-11-16-9-1-2-10-16;;/h3-6H,1-2,7-12,15H2;2*1H. The van der Waals surface area contributed by atoms with Gasteiger partial charge in [0.2, 0.25) is 0 Å². The fraction of sp³-hybridized carbons (Fsp3) is 0.571. The molecule has 19 heavy (non-hydrogen) atoms. The van der Waals surface area contributed by atoms with E-state index in [9.17, 15) is 0 Å². The Kier molecular flexibility index (Phi) is 10.1. The summed E-state index contributed by atoms with van der Waals surface area (Å²) in [5.74, 6) is 0.963. The van der Waals surface area contributed by atoms with E-state index >= 15 is 0 Å². The highest BCUT2D eigenvalue weighted by molar-refractivity contribution is 5.85. The number of hydrogen-bond acceptors (Lipinski definition) is 3. The highest BCUT2D eigenvalue weighted by atomic mass is 35.5. The van der Waals surface area contributed by atoms with E-state index in [0.29, 0.717) is 6.54 Å². The Hall–Kier alpha value is -0.480. The van der Waals surface area contributed by atoms with Crippen molar-refractivity contribution in [3.05, 3.63) is 29.8 Å². The number of nitrogens with two attached hydrogens (primary N) is 1. The lowest BCUT2D eigenvalue weighted by Gasteiger charge is -2.15. The molecule has 1 fully saturated rings. The van der Waals surface area contributed by atoms with Crippen LogP contribution in [0.25, 0.3) is 0 Å². The van der Waals surface area contributed by atoms with Gasteiger partial charge in [0.15, 0.2) is 0 Å². The first-order valence-electron chi connectivity index (χ1n) is 6.52. The molecule has 0 atom stereocenters. The van der Waals surface area contributed by atoms with Gasteiger partial charge in [0, 0.05) is 6.54 Å². The Bertz CT molecular complexity index is 327. The lowest BCUT2D eigenvalue weighted by atomic mass is 10.1. The van der Waals surface area contributed by atoms with Gasteiger partial charge < -0.3 is 10.5 Å². The largest absolute Gasteiger partial charge is 0.492 e. The molecule has 0 bridgehead atoms. The molecule has 0 aliphatic carbocycles. The first-order valence-corrected chi connectivity index (χ1v) is 6.52. The maximum Gasteiger partial charge on any atom is 0.119 e. The van der Waals surface area contributed by atoms with Crippen molar-refractivity contribution in [3.8, 4) is 5.75 Å². The number of hydrogen-bond donors (Lipinski definition) is 1. The van der Waals surface area contributed by atoms with E-state index in [0.717, 1.165) is 25.3 Å². The van der Waals surface area contributed by atoms with E-state index in [2.05, 4.69) is 17.0 Å². The summed E-state index contributed by atoms with van der Waals surface area (Å²) in [6, 6.07) is 8.26. The number of halogens is 2. The van der Waals surface area contributed by atoms with Crippen molar-refractivity contribution >= 4 is 24.8 Å². The second-order valence-corrected chi connectivity index (χ2v) is 4.58. The smallest absolute Gasteiger partial charge is 0.119 e. The molecule has 2 N–H and O–H groups in total. The van der Waals surface area contributed by atoms with Crippen molar-refractivity contribution in [2.75, 3.05) is 32.8 Å². The van der Waals surface area contributed by atoms with Crippen molar-refractivity contribution in [1.29, 1.82) is 0 Å². The highest BCUT2D eigenvalue weighted by Crippen LogP contribution is 2.13. The molecule has 3 nitrogen and oxygen atoms in total. The van der Waals surface area contributed by atoms with Gasteiger partial charge in [-0.15, -0.1) is 24.8 Å². The summed E-state index contributed by atoms with van der Waals surface area (Å²) in [7, 11) is 0. The van der Waals surface area contributed by atoms with Crippen LogP contribution in [-0.2, 0) is 6.42 Å². The number of benzene rings is 1. The number of ether oxygens (including phenoxy) is 1. The highest BCUT2D eigenvalue weighted by Gasteiger charge is 2.10. The summed E-state index contributed by atoms with van der Waals surface area (Å²) in [6.45, 7) is 5.01. The Morgan fingerprint density at radius 1 is 1.05 bits per heavy atom. The molecule has 1 aromatic carbocycles. The van der Waals surface area contributed by atoms with Gasteiger partial charge in [-0.2, -0.15) is 0 Å². The molecule has 1 aromatic rings. The first kappa shape index (κ1) is 18.5. The summed E-state index contributed by atoms with van der Waals surface area (Å²) in [5, 5.41) is 0. The molecule has 1 heterocycles. The maximum atomic E-state index is 5.73. The summed E-state index contributed by atoms with van der Waals surface area (Å²) in [5.41, 5.74) is 6.79. The summed E-state index contributed by atoms with van der Waals surface area (Å²) < 4.78 is 5.73. The van der Waals surface area contributed by atoms with Gasteiger partial charge in [0.05, 0.1) is 0 Å². The van der Waals surface area contributed by atoms with Gasteiger partial charge in [-0.25, -0.2) is 0 Å². The monoisotopic (exact) mass is 306 g/mol. The minimum atomic E-state index is 0. The van der Waals surface area contributed by atoms with Crippen molar-refractivity contribution in [1.82, 2.24) is 4.90 Å². The van der Waals surface area contributed by atoms with Gasteiger partial charge in [0.25, 0.3) is 0 Å². The maximum absolute atomic E-state index is 5.73. The van der Waals surface area contributed by atoms with E-state index < -0.39 is 0 Å². The van der Waals surface area contributed by atoms with Crippen LogP contribution in [0.2, 0.25) is 0 Å². The molecule has 0 saturated carbocycles. The zero-order valence-corrected chi connectivity index (χ0v) is 12.8. The molecule has 1 saturated heterocycles. The van der Waals surface area contributed by atoms with Crippen molar-refractivity contribution in [3.63, 3.8) is 0 Å². The molecule has 1 aliphatic heterocycles.